The third-order valence-electron chi connectivity index (χ3n) is 6.82. The number of benzene rings is 2. The summed E-state index contributed by atoms with van der Waals surface area (Å²) in [5.74, 6) is 0.827. The Hall–Kier alpha value is -3.35. The van der Waals surface area contributed by atoms with E-state index in [4.69, 9.17) is 36.1 Å². The van der Waals surface area contributed by atoms with Crippen LogP contribution in [0.5, 0.6) is 5.75 Å². The monoisotopic (exact) mass is 627 g/mol. The van der Waals surface area contributed by atoms with Crippen molar-refractivity contribution in [3.63, 3.8) is 0 Å². The largest absolute Gasteiger partial charge is 0.464 e. The molecule has 0 bridgehead atoms. The van der Waals surface area contributed by atoms with Crippen molar-refractivity contribution in [1.29, 1.82) is 0 Å². The molecule has 4 N–H and O–H groups in total. The second kappa shape index (κ2) is 12.7. The molecule has 0 amide bonds. The molecule has 0 spiro atoms. The van der Waals surface area contributed by atoms with Gasteiger partial charge in [-0.05, 0) is 48.4 Å². The Balaban J connectivity index is 1.32. The molecule has 5 rings (SSSR count). The van der Waals surface area contributed by atoms with Gasteiger partial charge in [0.25, 0.3) is 0 Å². The van der Waals surface area contributed by atoms with E-state index in [-0.39, 0.29) is 36.9 Å². The molecule has 0 aliphatic carbocycles. The summed E-state index contributed by atoms with van der Waals surface area (Å²) in [6.45, 7) is 4.85. The average Bonchev–Trinajstić information content (AvgIpc) is 3.61. The van der Waals surface area contributed by atoms with Gasteiger partial charge in [-0.2, -0.15) is 9.97 Å². The number of anilines is 2. The molecule has 1 fully saturated rings. The number of nitrogen functional groups attached to an aromatic ring is 1. The molecule has 3 heterocycles. The number of ether oxygens (including phenoxy) is 2. The number of nitrogens with zero attached hydrogens (tertiary/aromatic N) is 4. The Kier molecular flexibility index (Phi) is 9.19. The number of nitrogens with one attached hydrogen (secondary N) is 2. The normalized spacial score (nSPS) is 19.3. The molecule has 14 heteroatoms. The lowest BCUT2D eigenvalue weighted by atomic mass is 9.99. The van der Waals surface area contributed by atoms with Crippen molar-refractivity contribution in [3.8, 4) is 5.75 Å². The van der Waals surface area contributed by atoms with Crippen LogP contribution in [-0.2, 0) is 30.6 Å². The van der Waals surface area contributed by atoms with Gasteiger partial charge in [0, 0.05) is 12.4 Å². The number of rotatable bonds is 11. The first-order valence-corrected chi connectivity index (χ1v) is 16.8. The molecular weight excluding hydrogens is 589 g/mol. The lowest BCUT2D eigenvalue weighted by Crippen LogP contribution is -2.36. The van der Waals surface area contributed by atoms with Crippen molar-refractivity contribution in [2.75, 3.05) is 31.3 Å². The molecule has 4 atom stereocenters. The fraction of sp³-hybridized carbons (Fsp3) is 0.448. The van der Waals surface area contributed by atoms with Crippen LogP contribution in [0.1, 0.15) is 46.8 Å². The van der Waals surface area contributed by atoms with Crippen molar-refractivity contribution in [2.45, 2.75) is 58.9 Å². The molecule has 2 aromatic heterocycles. The van der Waals surface area contributed by atoms with Gasteiger partial charge in [-0.3, -0.25) is 9.36 Å². The third kappa shape index (κ3) is 7.42. The summed E-state index contributed by atoms with van der Waals surface area (Å²) in [6.07, 6.45) is 2.47. The Bertz CT molecular complexity index is 1650. The zero-order chi connectivity index (χ0) is 30.8. The molecule has 1 aliphatic heterocycles. The van der Waals surface area contributed by atoms with Crippen LogP contribution < -0.4 is 20.7 Å². The van der Waals surface area contributed by atoms with E-state index >= 15 is 0 Å². The SMILES string of the molecule is CNc1nc(N)nc2c1ncn2[C@H]1CC[C@@H](CO[P@@](=S)(N[C@@H](C)C(=O)OCC(C)(C)C)Oc2cccc3ccccc23)O1. The van der Waals surface area contributed by atoms with E-state index in [1.54, 1.807) is 20.3 Å². The molecule has 1 saturated heterocycles. The second-order valence-corrected chi connectivity index (χ2v) is 14.8. The summed E-state index contributed by atoms with van der Waals surface area (Å²) in [6, 6.07) is 12.8. The summed E-state index contributed by atoms with van der Waals surface area (Å²) in [5.41, 5.74) is 6.94. The molecule has 0 radical (unpaired) electrons. The Morgan fingerprint density at radius 2 is 1.98 bits per heavy atom. The molecule has 4 aromatic rings. The van der Waals surface area contributed by atoms with Gasteiger partial charge in [0.2, 0.25) is 5.95 Å². The number of imidazole rings is 1. The predicted molar refractivity (Wildman–Crippen MR) is 170 cm³/mol. The fourth-order valence-electron chi connectivity index (χ4n) is 4.71. The number of esters is 1. The van der Waals surface area contributed by atoms with E-state index in [0.29, 0.717) is 35.6 Å². The van der Waals surface area contributed by atoms with Crippen LogP contribution in [0.3, 0.4) is 0 Å². The van der Waals surface area contributed by atoms with Crippen LogP contribution in [0.25, 0.3) is 21.9 Å². The van der Waals surface area contributed by atoms with Crippen molar-refractivity contribution >= 4 is 58.1 Å². The van der Waals surface area contributed by atoms with Gasteiger partial charge in [0.05, 0.1) is 25.6 Å². The standard InChI is InChI=1S/C29H38N7O5PS/c1-18(27(37)38-16-29(2,3)4)35-42(43,41-22-12-8-10-19-9-6-7-11-21(19)22)39-15-20-13-14-23(40-20)36-17-32-24-25(31-5)33-28(30)34-26(24)36/h6-12,17-18,20,23H,13-16H2,1-5H3,(H,35,43)(H3,30,31,33,34)/t18-,20-,23+,42-/m0/s1. The predicted octanol–water partition coefficient (Wildman–Crippen LogP) is 5.17. The van der Waals surface area contributed by atoms with Crippen molar-refractivity contribution < 1.29 is 23.3 Å². The highest BCUT2D eigenvalue weighted by Gasteiger charge is 2.33. The summed E-state index contributed by atoms with van der Waals surface area (Å²) in [5, 5.41) is 8.03. The van der Waals surface area contributed by atoms with Gasteiger partial charge in [-0.15, -0.1) is 0 Å². The first-order valence-electron chi connectivity index (χ1n) is 14.1. The smallest absolute Gasteiger partial charge is 0.323 e. The molecule has 2 aromatic carbocycles. The average molecular weight is 628 g/mol. The number of hydrogen-bond acceptors (Lipinski definition) is 11. The summed E-state index contributed by atoms with van der Waals surface area (Å²) >= 11 is 5.99. The highest BCUT2D eigenvalue weighted by Crippen LogP contribution is 2.48. The van der Waals surface area contributed by atoms with E-state index < -0.39 is 18.7 Å². The Morgan fingerprint density at radius 3 is 2.74 bits per heavy atom. The van der Waals surface area contributed by atoms with Gasteiger partial charge in [-0.25, -0.2) is 10.1 Å². The van der Waals surface area contributed by atoms with Crippen LogP contribution in [0.2, 0.25) is 0 Å². The van der Waals surface area contributed by atoms with Gasteiger partial charge in [-0.1, -0.05) is 57.2 Å². The maximum absolute atomic E-state index is 12.9. The van der Waals surface area contributed by atoms with E-state index in [1.807, 2.05) is 67.8 Å². The topological polar surface area (TPSA) is 148 Å². The number of carbonyl (C=O) groups excluding carboxylic acids is 1. The van der Waals surface area contributed by atoms with Crippen LogP contribution in [0.15, 0.2) is 48.8 Å². The first-order chi connectivity index (χ1) is 20.4. The van der Waals surface area contributed by atoms with Gasteiger partial charge in [0.1, 0.15) is 18.0 Å². The molecule has 1 aliphatic rings. The lowest BCUT2D eigenvalue weighted by Gasteiger charge is -2.28. The molecule has 12 nitrogen and oxygen atoms in total. The number of carbonyl (C=O) groups is 1. The highest BCUT2D eigenvalue weighted by atomic mass is 32.5. The zero-order valence-electron chi connectivity index (χ0n) is 24.9. The summed E-state index contributed by atoms with van der Waals surface area (Å²) in [4.78, 5) is 25.9. The third-order valence-corrected chi connectivity index (χ3v) is 9.31. The minimum atomic E-state index is -3.27. The van der Waals surface area contributed by atoms with Crippen LogP contribution in [0, 0.1) is 5.41 Å². The van der Waals surface area contributed by atoms with E-state index in [1.165, 1.54) is 0 Å². The quantitative estimate of drug-likeness (QED) is 0.149. The van der Waals surface area contributed by atoms with Gasteiger partial charge >= 0.3 is 12.6 Å². The Labute approximate surface area is 255 Å². The summed E-state index contributed by atoms with van der Waals surface area (Å²) < 4.78 is 26.5. The van der Waals surface area contributed by atoms with E-state index in [9.17, 15) is 4.79 Å². The number of aromatic nitrogens is 4. The van der Waals surface area contributed by atoms with Crippen molar-refractivity contribution in [1.82, 2.24) is 24.6 Å². The molecular formula is C29H38N7O5PS. The van der Waals surface area contributed by atoms with Crippen LogP contribution in [0.4, 0.5) is 11.8 Å². The number of nitrogens with two attached hydrogens (primary N) is 1. The maximum atomic E-state index is 12.9. The lowest BCUT2D eigenvalue weighted by molar-refractivity contribution is -0.148. The van der Waals surface area contributed by atoms with Crippen molar-refractivity contribution in [2.24, 2.45) is 5.41 Å². The molecule has 230 valence electrons. The fourth-order valence-corrected chi connectivity index (χ4v) is 7.15. The van der Waals surface area contributed by atoms with Crippen LogP contribution >= 0.6 is 6.64 Å². The highest BCUT2D eigenvalue weighted by molar-refractivity contribution is 8.09. The summed E-state index contributed by atoms with van der Waals surface area (Å²) in [7, 11) is 1.75. The second-order valence-electron chi connectivity index (χ2n) is 11.7. The molecule has 0 unspecified atom stereocenters. The Morgan fingerprint density at radius 1 is 1.21 bits per heavy atom. The minimum Gasteiger partial charge on any atom is -0.464 e. The van der Waals surface area contributed by atoms with Gasteiger partial charge < -0.3 is 29.6 Å². The van der Waals surface area contributed by atoms with E-state index in [0.717, 1.165) is 10.8 Å². The minimum absolute atomic E-state index is 0.143. The van der Waals surface area contributed by atoms with Crippen LogP contribution in [-0.4, -0.2) is 57.9 Å². The first kappa shape index (κ1) is 31.1. The van der Waals surface area contributed by atoms with E-state index in [2.05, 4.69) is 25.4 Å². The van der Waals surface area contributed by atoms with Crippen molar-refractivity contribution in [3.05, 3.63) is 48.8 Å². The maximum Gasteiger partial charge on any atom is 0.323 e. The number of hydrogen-bond donors (Lipinski definition) is 3. The van der Waals surface area contributed by atoms with Gasteiger partial charge in [0.15, 0.2) is 17.0 Å². The molecule has 0 saturated carbocycles. The zero-order valence-corrected chi connectivity index (χ0v) is 26.7. The number of fused-ring (bicyclic) bond motifs is 2. The molecule has 43 heavy (non-hydrogen) atoms.